The van der Waals surface area contributed by atoms with Crippen molar-refractivity contribution < 1.29 is 9.72 Å². The molecule has 0 unspecified atom stereocenters. The minimum absolute atomic E-state index is 0.121. The number of amides is 1. The number of rotatable bonds is 5. The molecule has 0 saturated heterocycles. The molecular weight excluding hydrogens is 342 g/mol. The van der Waals surface area contributed by atoms with Gasteiger partial charge in [-0.1, -0.05) is 30.3 Å². The number of hydrogen-bond donors (Lipinski definition) is 1. The monoisotopic (exact) mass is 361 g/mol. The summed E-state index contributed by atoms with van der Waals surface area (Å²) in [4.78, 5) is 23.0. The van der Waals surface area contributed by atoms with Gasteiger partial charge in [0.15, 0.2) is 5.16 Å². The van der Waals surface area contributed by atoms with Crippen molar-refractivity contribution in [2.45, 2.75) is 49.6 Å². The van der Waals surface area contributed by atoms with Gasteiger partial charge in [0.05, 0.1) is 10.2 Å². The molecule has 1 aromatic heterocycles. The number of thioether (sulfide) groups is 1. The standard InChI is InChI=1S/C16H19N5O3S/c1-11(15(22)17-12-7-4-5-8-13(12)21(23)24)25-16-19-18-14-9-3-2-6-10-20(14)16/h4-5,7-8,11H,2-3,6,9-10H2,1H3,(H,17,22)/t11-/m0/s1. The maximum absolute atomic E-state index is 12.4. The first-order valence-electron chi connectivity index (χ1n) is 8.19. The molecule has 1 amide bonds. The van der Waals surface area contributed by atoms with E-state index in [4.69, 9.17) is 0 Å². The van der Waals surface area contributed by atoms with Gasteiger partial charge in [-0.3, -0.25) is 14.9 Å². The molecule has 0 fully saturated rings. The Morgan fingerprint density at radius 3 is 2.92 bits per heavy atom. The second kappa shape index (κ2) is 7.64. The predicted octanol–water partition coefficient (Wildman–Crippen LogP) is 3.03. The van der Waals surface area contributed by atoms with Crippen LogP contribution in [0.5, 0.6) is 0 Å². The molecule has 0 spiro atoms. The van der Waals surface area contributed by atoms with Gasteiger partial charge in [-0.25, -0.2) is 0 Å². The minimum atomic E-state index is -0.508. The lowest BCUT2D eigenvalue weighted by atomic mass is 10.2. The fraction of sp³-hybridized carbons (Fsp3) is 0.438. The second-order valence-corrected chi connectivity index (χ2v) is 7.19. The summed E-state index contributed by atoms with van der Waals surface area (Å²) in [5.41, 5.74) is 0.0782. The van der Waals surface area contributed by atoms with Gasteiger partial charge in [0, 0.05) is 19.0 Å². The van der Waals surface area contributed by atoms with E-state index >= 15 is 0 Å². The molecule has 8 nitrogen and oxygen atoms in total. The van der Waals surface area contributed by atoms with E-state index in [-0.39, 0.29) is 17.3 Å². The molecule has 2 heterocycles. The van der Waals surface area contributed by atoms with Gasteiger partial charge in [0.2, 0.25) is 5.91 Å². The zero-order valence-corrected chi connectivity index (χ0v) is 14.7. The van der Waals surface area contributed by atoms with Crippen LogP contribution >= 0.6 is 11.8 Å². The van der Waals surface area contributed by atoms with Crippen LogP contribution in [0.2, 0.25) is 0 Å². The molecule has 1 N–H and O–H groups in total. The average Bonchev–Trinajstić information content (AvgIpc) is 2.81. The first-order valence-corrected chi connectivity index (χ1v) is 9.07. The number of nitrogens with one attached hydrogen (secondary N) is 1. The molecule has 25 heavy (non-hydrogen) atoms. The maximum Gasteiger partial charge on any atom is 0.292 e. The third-order valence-corrected chi connectivity index (χ3v) is 5.17. The molecule has 1 atom stereocenters. The van der Waals surface area contributed by atoms with E-state index < -0.39 is 10.2 Å². The van der Waals surface area contributed by atoms with Crippen molar-refractivity contribution in [2.24, 2.45) is 0 Å². The normalized spacial score (nSPS) is 15.1. The van der Waals surface area contributed by atoms with E-state index in [1.807, 2.05) is 0 Å². The van der Waals surface area contributed by atoms with Gasteiger partial charge in [0.1, 0.15) is 11.5 Å². The lowest BCUT2D eigenvalue weighted by molar-refractivity contribution is -0.383. The van der Waals surface area contributed by atoms with E-state index in [1.165, 1.54) is 30.3 Å². The van der Waals surface area contributed by atoms with Crippen LogP contribution in [0.15, 0.2) is 29.4 Å². The number of aromatic nitrogens is 3. The van der Waals surface area contributed by atoms with Crippen LogP contribution in [0.3, 0.4) is 0 Å². The van der Waals surface area contributed by atoms with Gasteiger partial charge in [-0.2, -0.15) is 0 Å². The van der Waals surface area contributed by atoms with Crippen molar-refractivity contribution in [3.8, 4) is 0 Å². The van der Waals surface area contributed by atoms with Crippen LogP contribution in [-0.2, 0) is 17.8 Å². The van der Waals surface area contributed by atoms with Gasteiger partial charge < -0.3 is 9.88 Å². The highest BCUT2D eigenvalue weighted by molar-refractivity contribution is 8.00. The highest BCUT2D eigenvalue weighted by Gasteiger charge is 2.23. The number of nitro benzene ring substituents is 1. The smallest absolute Gasteiger partial charge is 0.292 e. The molecule has 0 saturated carbocycles. The summed E-state index contributed by atoms with van der Waals surface area (Å²) in [6.45, 7) is 2.62. The Bertz CT molecular complexity index is 792. The van der Waals surface area contributed by atoms with Crippen LogP contribution in [0.1, 0.15) is 32.0 Å². The summed E-state index contributed by atoms with van der Waals surface area (Å²) < 4.78 is 2.08. The van der Waals surface area contributed by atoms with Gasteiger partial charge >= 0.3 is 0 Å². The number of anilines is 1. The molecule has 132 valence electrons. The molecule has 2 aromatic rings. The molecule has 1 aliphatic rings. The highest BCUT2D eigenvalue weighted by atomic mass is 32.2. The maximum atomic E-state index is 12.4. The molecule has 0 radical (unpaired) electrons. The summed E-state index contributed by atoms with van der Waals surface area (Å²) in [6.07, 6.45) is 4.26. The Labute approximate surface area is 149 Å². The molecule has 0 aliphatic carbocycles. The summed E-state index contributed by atoms with van der Waals surface area (Å²) >= 11 is 1.32. The van der Waals surface area contributed by atoms with Crippen LogP contribution in [0.25, 0.3) is 0 Å². The Morgan fingerprint density at radius 1 is 1.32 bits per heavy atom. The first-order chi connectivity index (χ1) is 12.1. The molecule has 3 rings (SSSR count). The van der Waals surface area contributed by atoms with Gasteiger partial charge in [-0.05, 0) is 25.8 Å². The van der Waals surface area contributed by atoms with Crippen LogP contribution in [-0.4, -0.2) is 30.8 Å². The number of nitrogens with zero attached hydrogens (tertiary/aromatic N) is 4. The van der Waals surface area contributed by atoms with Crippen molar-refractivity contribution in [1.82, 2.24) is 14.8 Å². The quantitative estimate of drug-likeness (QED) is 0.499. The third-order valence-electron chi connectivity index (χ3n) is 4.09. The van der Waals surface area contributed by atoms with Crippen LogP contribution in [0.4, 0.5) is 11.4 Å². The Balaban J connectivity index is 1.70. The van der Waals surface area contributed by atoms with Crippen molar-refractivity contribution in [3.63, 3.8) is 0 Å². The zero-order chi connectivity index (χ0) is 17.8. The summed E-state index contributed by atoms with van der Waals surface area (Å²) in [5.74, 6) is 0.663. The molecule has 0 bridgehead atoms. The Morgan fingerprint density at radius 2 is 2.12 bits per heavy atom. The number of carbonyl (C=O) groups is 1. The number of benzene rings is 1. The summed E-state index contributed by atoms with van der Waals surface area (Å²) in [5, 5.41) is 22.4. The van der Waals surface area contributed by atoms with E-state index in [9.17, 15) is 14.9 Å². The number of nitro groups is 1. The van der Waals surface area contributed by atoms with E-state index in [2.05, 4.69) is 20.1 Å². The van der Waals surface area contributed by atoms with E-state index in [0.29, 0.717) is 0 Å². The van der Waals surface area contributed by atoms with Crippen LogP contribution < -0.4 is 5.32 Å². The topological polar surface area (TPSA) is 103 Å². The minimum Gasteiger partial charge on any atom is -0.319 e. The average molecular weight is 361 g/mol. The Kier molecular flexibility index (Phi) is 5.32. The lowest BCUT2D eigenvalue weighted by Gasteiger charge is -2.12. The summed E-state index contributed by atoms with van der Waals surface area (Å²) in [7, 11) is 0. The van der Waals surface area contributed by atoms with E-state index in [0.717, 1.165) is 36.8 Å². The first kappa shape index (κ1) is 17.4. The van der Waals surface area contributed by atoms with Gasteiger partial charge in [-0.15, -0.1) is 10.2 Å². The van der Waals surface area contributed by atoms with Crippen LogP contribution in [0, 0.1) is 10.1 Å². The van der Waals surface area contributed by atoms with Crippen molar-refractivity contribution in [1.29, 1.82) is 0 Å². The predicted molar refractivity (Wildman–Crippen MR) is 94.6 cm³/mol. The zero-order valence-electron chi connectivity index (χ0n) is 13.8. The van der Waals surface area contributed by atoms with Crippen molar-refractivity contribution in [3.05, 3.63) is 40.2 Å². The van der Waals surface area contributed by atoms with Gasteiger partial charge in [0.25, 0.3) is 5.69 Å². The number of aryl methyl sites for hydroxylation is 1. The van der Waals surface area contributed by atoms with Crippen molar-refractivity contribution >= 4 is 29.0 Å². The molecule has 9 heteroatoms. The molecular formula is C16H19N5O3S. The third kappa shape index (κ3) is 3.98. The summed E-state index contributed by atoms with van der Waals surface area (Å²) in [6, 6.07) is 6.11. The highest BCUT2D eigenvalue weighted by Crippen LogP contribution is 2.28. The molecule has 1 aliphatic heterocycles. The number of hydrogen-bond acceptors (Lipinski definition) is 6. The SMILES string of the molecule is C[C@H](Sc1nnc2n1CCCCC2)C(=O)Nc1ccccc1[N+](=O)[O-]. The van der Waals surface area contributed by atoms with E-state index in [1.54, 1.807) is 19.1 Å². The number of carbonyl (C=O) groups excluding carboxylic acids is 1. The molecule has 1 aromatic carbocycles. The fourth-order valence-corrected chi connectivity index (χ4v) is 3.62. The second-order valence-electron chi connectivity index (χ2n) is 5.88. The van der Waals surface area contributed by atoms with Crippen molar-refractivity contribution in [2.75, 3.05) is 5.32 Å². The largest absolute Gasteiger partial charge is 0.319 e. The lowest BCUT2D eigenvalue weighted by Crippen LogP contribution is -2.23. The fourth-order valence-electron chi connectivity index (χ4n) is 2.73. The Hall–Kier alpha value is -2.42. The number of fused-ring (bicyclic) bond motifs is 1. The number of para-hydroxylation sites is 2.